The van der Waals surface area contributed by atoms with E-state index >= 15 is 0 Å². The molecular formula is C11H10ClN3OS2. The molecule has 0 unspecified atom stereocenters. The van der Waals surface area contributed by atoms with Crippen molar-refractivity contribution in [2.45, 2.75) is 16.5 Å². The van der Waals surface area contributed by atoms with E-state index in [1.165, 1.54) is 23.1 Å². The van der Waals surface area contributed by atoms with Crippen molar-refractivity contribution in [1.29, 1.82) is 0 Å². The van der Waals surface area contributed by atoms with Crippen molar-refractivity contribution >= 4 is 46.3 Å². The molecule has 0 spiro atoms. The van der Waals surface area contributed by atoms with Crippen LogP contribution >= 0.6 is 34.7 Å². The molecule has 0 saturated heterocycles. The normalized spacial score (nSPS) is 12.1. The van der Waals surface area contributed by atoms with Gasteiger partial charge in [0.2, 0.25) is 5.91 Å². The Balaban J connectivity index is 1.98. The van der Waals surface area contributed by atoms with Gasteiger partial charge in [0.25, 0.3) is 0 Å². The van der Waals surface area contributed by atoms with Crippen LogP contribution in [0.4, 0.5) is 5.69 Å². The van der Waals surface area contributed by atoms with Crippen LogP contribution in [-0.2, 0) is 4.79 Å². The predicted octanol–water partition coefficient (Wildman–Crippen LogP) is 3.31. The van der Waals surface area contributed by atoms with Gasteiger partial charge in [-0.25, -0.2) is 0 Å². The van der Waals surface area contributed by atoms with Crippen LogP contribution in [0.5, 0.6) is 0 Å². The molecule has 1 aromatic heterocycles. The van der Waals surface area contributed by atoms with E-state index in [9.17, 15) is 4.79 Å². The number of amides is 1. The highest BCUT2D eigenvalue weighted by Crippen LogP contribution is 2.26. The zero-order chi connectivity index (χ0) is 13.0. The van der Waals surface area contributed by atoms with Crippen molar-refractivity contribution in [2.75, 3.05) is 5.32 Å². The van der Waals surface area contributed by atoms with Crippen LogP contribution in [0.25, 0.3) is 0 Å². The molecule has 7 heteroatoms. The van der Waals surface area contributed by atoms with Crippen molar-refractivity contribution < 1.29 is 4.79 Å². The highest BCUT2D eigenvalue weighted by Gasteiger charge is 2.16. The molecule has 0 bridgehead atoms. The van der Waals surface area contributed by atoms with Crippen molar-refractivity contribution in [3.8, 4) is 0 Å². The monoisotopic (exact) mass is 299 g/mol. The summed E-state index contributed by atoms with van der Waals surface area (Å²) in [4.78, 5) is 12.0. The number of anilines is 1. The molecule has 0 radical (unpaired) electrons. The lowest BCUT2D eigenvalue weighted by Gasteiger charge is -2.11. The summed E-state index contributed by atoms with van der Waals surface area (Å²) < 4.78 is 0.775. The molecule has 18 heavy (non-hydrogen) atoms. The first kappa shape index (κ1) is 13.3. The Labute approximate surface area is 118 Å². The Morgan fingerprint density at radius 2 is 2.28 bits per heavy atom. The van der Waals surface area contributed by atoms with E-state index in [1.54, 1.807) is 17.6 Å². The molecule has 1 N–H and O–H groups in total. The third-order valence-electron chi connectivity index (χ3n) is 2.12. The Hall–Kier alpha value is -1.11. The van der Waals surface area contributed by atoms with Crippen LogP contribution in [0.1, 0.15) is 6.92 Å². The summed E-state index contributed by atoms with van der Waals surface area (Å²) in [6, 6.07) is 7.14. The van der Waals surface area contributed by atoms with E-state index in [1.807, 2.05) is 19.1 Å². The van der Waals surface area contributed by atoms with Crippen molar-refractivity contribution in [3.63, 3.8) is 0 Å². The number of nitrogens with zero attached hydrogens (tertiary/aromatic N) is 2. The summed E-state index contributed by atoms with van der Waals surface area (Å²) in [6.45, 7) is 1.82. The molecule has 1 amide bonds. The maximum absolute atomic E-state index is 12.0. The number of nitrogens with one attached hydrogen (secondary N) is 1. The number of para-hydroxylation sites is 1. The summed E-state index contributed by atoms with van der Waals surface area (Å²) in [5.74, 6) is -0.108. The fourth-order valence-corrected chi connectivity index (χ4v) is 3.02. The molecule has 0 fully saturated rings. The number of thioether (sulfide) groups is 1. The molecule has 1 atom stereocenters. The summed E-state index contributed by atoms with van der Waals surface area (Å²) in [5, 5.41) is 10.7. The lowest BCUT2D eigenvalue weighted by molar-refractivity contribution is -0.115. The fraction of sp³-hybridized carbons (Fsp3) is 0.182. The molecule has 4 nitrogen and oxygen atoms in total. The number of hydrogen-bond donors (Lipinski definition) is 1. The zero-order valence-electron chi connectivity index (χ0n) is 9.46. The van der Waals surface area contributed by atoms with Crippen molar-refractivity contribution in [2.24, 2.45) is 0 Å². The molecule has 2 aromatic rings. The third-order valence-corrected chi connectivity index (χ3v) is 4.36. The SMILES string of the molecule is C[C@@H](Sc1nncs1)C(=O)Nc1ccccc1Cl. The summed E-state index contributed by atoms with van der Waals surface area (Å²) in [6.07, 6.45) is 0. The molecular weight excluding hydrogens is 290 g/mol. The van der Waals surface area contributed by atoms with Crippen LogP contribution in [0.15, 0.2) is 34.1 Å². The maximum Gasteiger partial charge on any atom is 0.237 e. The first-order valence-electron chi connectivity index (χ1n) is 5.15. The average molecular weight is 300 g/mol. The molecule has 0 aliphatic carbocycles. The maximum atomic E-state index is 12.0. The predicted molar refractivity (Wildman–Crippen MR) is 75.3 cm³/mol. The lowest BCUT2D eigenvalue weighted by Crippen LogP contribution is -2.22. The van der Waals surface area contributed by atoms with Gasteiger partial charge in [0.1, 0.15) is 5.51 Å². The summed E-state index contributed by atoms with van der Waals surface area (Å²) >= 11 is 8.76. The van der Waals surface area contributed by atoms with Crippen LogP contribution in [0, 0.1) is 0 Å². The molecule has 2 rings (SSSR count). The Morgan fingerprint density at radius 1 is 1.50 bits per heavy atom. The Morgan fingerprint density at radius 3 is 2.94 bits per heavy atom. The lowest BCUT2D eigenvalue weighted by atomic mass is 10.3. The highest BCUT2D eigenvalue weighted by molar-refractivity contribution is 8.02. The van der Waals surface area contributed by atoms with E-state index in [2.05, 4.69) is 15.5 Å². The van der Waals surface area contributed by atoms with Crippen molar-refractivity contribution in [1.82, 2.24) is 10.2 Å². The van der Waals surface area contributed by atoms with Gasteiger partial charge in [-0.15, -0.1) is 10.2 Å². The third kappa shape index (κ3) is 3.44. The van der Waals surface area contributed by atoms with E-state index in [4.69, 9.17) is 11.6 Å². The van der Waals surface area contributed by atoms with Crippen LogP contribution < -0.4 is 5.32 Å². The van der Waals surface area contributed by atoms with Gasteiger partial charge in [-0.1, -0.05) is 46.8 Å². The van der Waals surface area contributed by atoms with E-state index in [-0.39, 0.29) is 11.2 Å². The number of aromatic nitrogens is 2. The van der Waals surface area contributed by atoms with E-state index in [0.717, 1.165) is 4.34 Å². The largest absolute Gasteiger partial charge is 0.324 e. The van der Waals surface area contributed by atoms with Gasteiger partial charge in [0.05, 0.1) is 16.0 Å². The van der Waals surface area contributed by atoms with Gasteiger partial charge < -0.3 is 5.32 Å². The fourth-order valence-electron chi connectivity index (χ4n) is 1.22. The number of halogens is 1. The van der Waals surface area contributed by atoms with Gasteiger partial charge in [-0.05, 0) is 19.1 Å². The van der Waals surface area contributed by atoms with Gasteiger partial charge >= 0.3 is 0 Å². The second-order valence-corrected chi connectivity index (χ2v) is 6.26. The second kappa shape index (κ2) is 6.17. The topological polar surface area (TPSA) is 54.9 Å². The summed E-state index contributed by atoms with van der Waals surface area (Å²) in [5.41, 5.74) is 2.26. The smallest absolute Gasteiger partial charge is 0.237 e. The molecule has 1 aromatic carbocycles. The quantitative estimate of drug-likeness (QED) is 0.880. The van der Waals surface area contributed by atoms with Gasteiger partial charge in [-0.3, -0.25) is 4.79 Å². The van der Waals surface area contributed by atoms with Gasteiger partial charge in [0, 0.05) is 0 Å². The average Bonchev–Trinajstić information content (AvgIpc) is 2.84. The minimum absolute atomic E-state index is 0.108. The standard InChI is InChI=1S/C11H10ClN3OS2/c1-7(18-11-15-13-6-17-11)10(16)14-9-5-3-2-4-8(9)12/h2-7H,1H3,(H,14,16)/t7-/m1/s1. The van der Waals surface area contributed by atoms with Crippen molar-refractivity contribution in [3.05, 3.63) is 34.8 Å². The van der Waals surface area contributed by atoms with Gasteiger partial charge in [-0.2, -0.15) is 0 Å². The molecule has 0 saturated carbocycles. The van der Waals surface area contributed by atoms with E-state index < -0.39 is 0 Å². The van der Waals surface area contributed by atoms with Crippen LogP contribution in [-0.4, -0.2) is 21.4 Å². The number of carbonyl (C=O) groups excluding carboxylic acids is 1. The number of rotatable bonds is 4. The molecule has 0 aliphatic heterocycles. The number of hydrogen-bond acceptors (Lipinski definition) is 5. The van der Waals surface area contributed by atoms with Crippen LogP contribution in [0.2, 0.25) is 5.02 Å². The van der Waals surface area contributed by atoms with Gasteiger partial charge in [0.15, 0.2) is 4.34 Å². The zero-order valence-corrected chi connectivity index (χ0v) is 11.9. The minimum Gasteiger partial charge on any atom is -0.324 e. The first-order valence-corrected chi connectivity index (χ1v) is 7.29. The summed E-state index contributed by atoms with van der Waals surface area (Å²) in [7, 11) is 0. The Bertz CT molecular complexity index is 533. The Kier molecular flexibility index (Phi) is 4.57. The molecule has 0 aliphatic rings. The van der Waals surface area contributed by atoms with E-state index in [0.29, 0.717) is 10.7 Å². The molecule has 94 valence electrons. The van der Waals surface area contributed by atoms with Crippen LogP contribution in [0.3, 0.4) is 0 Å². The molecule has 1 heterocycles. The second-order valence-electron chi connectivity index (χ2n) is 3.43. The number of carbonyl (C=O) groups is 1. The number of benzene rings is 1. The first-order chi connectivity index (χ1) is 8.66. The highest BCUT2D eigenvalue weighted by atomic mass is 35.5. The minimum atomic E-state index is -0.255.